The summed E-state index contributed by atoms with van der Waals surface area (Å²) in [4.78, 5) is 19.2. The van der Waals surface area contributed by atoms with Crippen LogP contribution in [0.1, 0.15) is 18.2 Å². The molecule has 1 heterocycles. The highest BCUT2D eigenvalue weighted by Gasteiger charge is 2.33. The Morgan fingerprint density at radius 1 is 1.29 bits per heavy atom. The molecule has 1 aromatic heterocycles. The summed E-state index contributed by atoms with van der Waals surface area (Å²) < 4.78 is 51.3. The quantitative estimate of drug-likeness (QED) is 0.508. The highest BCUT2D eigenvalue weighted by molar-refractivity contribution is 8.00. The molecule has 0 radical (unpaired) electrons. The number of anilines is 1. The third kappa shape index (κ3) is 4.67. The summed E-state index contributed by atoms with van der Waals surface area (Å²) >= 11 is 0.781. The summed E-state index contributed by atoms with van der Waals surface area (Å²) in [7, 11) is 0. The minimum Gasteiger partial charge on any atom is -0.325 e. The lowest BCUT2D eigenvalue weighted by Crippen LogP contribution is -2.23. The fraction of sp³-hybridized carbons (Fsp3) is 0.267. The van der Waals surface area contributed by atoms with Gasteiger partial charge in [0, 0.05) is 11.9 Å². The van der Waals surface area contributed by atoms with E-state index in [0.717, 1.165) is 24.0 Å². The van der Waals surface area contributed by atoms with Crippen LogP contribution < -0.4 is 5.32 Å². The minimum atomic E-state index is -4.58. The van der Waals surface area contributed by atoms with Gasteiger partial charge in [0.2, 0.25) is 5.91 Å². The molecule has 1 atom stereocenters. The van der Waals surface area contributed by atoms with Crippen molar-refractivity contribution >= 4 is 23.4 Å². The molecule has 1 aromatic carbocycles. The molecule has 2 aromatic rings. The third-order valence-electron chi connectivity index (χ3n) is 3.01. The fourth-order valence-electron chi connectivity index (χ4n) is 1.68. The van der Waals surface area contributed by atoms with Crippen molar-refractivity contribution < 1.29 is 22.4 Å². The van der Waals surface area contributed by atoms with E-state index in [1.807, 2.05) is 0 Å². The van der Waals surface area contributed by atoms with E-state index < -0.39 is 28.8 Å². The Kier molecular flexibility index (Phi) is 5.43. The molecule has 0 fully saturated rings. The number of nitrogens with one attached hydrogen (secondary N) is 1. The first-order chi connectivity index (χ1) is 11.2. The van der Waals surface area contributed by atoms with Gasteiger partial charge in [-0.1, -0.05) is 17.8 Å². The molecule has 0 unspecified atom stereocenters. The predicted octanol–water partition coefficient (Wildman–Crippen LogP) is 4.06. The van der Waals surface area contributed by atoms with Crippen molar-refractivity contribution in [3.63, 3.8) is 0 Å². The highest BCUT2D eigenvalue weighted by Crippen LogP contribution is 2.29. The van der Waals surface area contributed by atoms with E-state index in [1.165, 1.54) is 25.1 Å². The molecule has 1 amide bonds. The Balaban J connectivity index is 2.05. The first kappa shape index (κ1) is 18.2. The summed E-state index contributed by atoms with van der Waals surface area (Å²) in [5, 5.41) is 1.57. The topological polar surface area (TPSA) is 54.9 Å². The maximum absolute atomic E-state index is 13.5. The molecule has 128 valence electrons. The molecule has 2 rings (SSSR count). The lowest BCUT2D eigenvalue weighted by molar-refractivity contribution is -0.141. The summed E-state index contributed by atoms with van der Waals surface area (Å²) in [5.74, 6) is -0.960. The van der Waals surface area contributed by atoms with Gasteiger partial charge in [0.05, 0.1) is 5.25 Å². The second-order valence-corrected chi connectivity index (χ2v) is 6.24. The summed E-state index contributed by atoms with van der Waals surface area (Å²) in [5.41, 5.74) is -0.374. The van der Waals surface area contributed by atoms with Crippen molar-refractivity contribution in [3.8, 4) is 0 Å². The van der Waals surface area contributed by atoms with Crippen LogP contribution in [0.4, 0.5) is 23.2 Å². The van der Waals surface area contributed by atoms with E-state index in [-0.39, 0.29) is 10.8 Å². The molecule has 0 saturated heterocycles. The van der Waals surface area contributed by atoms with Crippen LogP contribution in [-0.2, 0) is 11.0 Å². The van der Waals surface area contributed by atoms with Gasteiger partial charge in [0.15, 0.2) is 5.16 Å². The number of hydrogen-bond acceptors (Lipinski definition) is 4. The van der Waals surface area contributed by atoms with E-state index >= 15 is 0 Å². The Hall–Kier alpha value is -2.16. The van der Waals surface area contributed by atoms with Gasteiger partial charge in [0.25, 0.3) is 0 Å². The standard InChI is InChI=1S/C15H13F4N3OS/c1-8-3-4-10(7-11(8)16)21-13(23)9(2)24-14-20-6-5-12(22-14)15(17,18)19/h3-7,9H,1-2H3,(H,21,23)/t9-/m0/s1. The molecular formula is C15H13F4N3OS. The molecule has 24 heavy (non-hydrogen) atoms. The monoisotopic (exact) mass is 359 g/mol. The molecule has 0 saturated carbocycles. The van der Waals surface area contributed by atoms with Crippen LogP contribution in [0.2, 0.25) is 0 Å². The molecule has 9 heteroatoms. The summed E-state index contributed by atoms with van der Waals surface area (Å²) in [6.45, 7) is 3.08. The van der Waals surface area contributed by atoms with E-state index in [4.69, 9.17) is 0 Å². The number of rotatable bonds is 4. The number of alkyl halides is 3. The van der Waals surface area contributed by atoms with Gasteiger partial charge < -0.3 is 5.32 Å². The van der Waals surface area contributed by atoms with Crippen LogP contribution in [0.5, 0.6) is 0 Å². The van der Waals surface area contributed by atoms with Gasteiger partial charge in [-0.3, -0.25) is 4.79 Å². The van der Waals surface area contributed by atoms with Gasteiger partial charge in [0.1, 0.15) is 11.5 Å². The van der Waals surface area contributed by atoms with E-state index in [2.05, 4.69) is 15.3 Å². The second kappa shape index (κ2) is 7.16. The van der Waals surface area contributed by atoms with Crippen molar-refractivity contribution in [1.29, 1.82) is 0 Å². The number of carbonyl (C=O) groups is 1. The Labute approximate surface area is 139 Å². The molecule has 0 aliphatic rings. The lowest BCUT2D eigenvalue weighted by Gasteiger charge is -2.12. The largest absolute Gasteiger partial charge is 0.433 e. The molecule has 0 spiro atoms. The fourth-order valence-corrected chi connectivity index (χ4v) is 2.44. The number of nitrogens with zero attached hydrogens (tertiary/aromatic N) is 2. The van der Waals surface area contributed by atoms with Crippen LogP contribution >= 0.6 is 11.8 Å². The number of carbonyl (C=O) groups excluding carboxylic acids is 1. The molecule has 0 bridgehead atoms. The van der Waals surface area contributed by atoms with Crippen molar-refractivity contribution in [2.75, 3.05) is 5.32 Å². The van der Waals surface area contributed by atoms with Gasteiger partial charge in [-0.2, -0.15) is 13.2 Å². The van der Waals surface area contributed by atoms with Gasteiger partial charge in [-0.05, 0) is 37.6 Å². The molecule has 1 N–H and O–H groups in total. The number of aromatic nitrogens is 2. The zero-order chi connectivity index (χ0) is 17.9. The highest BCUT2D eigenvalue weighted by atomic mass is 32.2. The van der Waals surface area contributed by atoms with E-state index in [9.17, 15) is 22.4 Å². The average molecular weight is 359 g/mol. The van der Waals surface area contributed by atoms with Crippen molar-refractivity contribution in [3.05, 3.63) is 47.5 Å². The molecule has 0 aliphatic heterocycles. The van der Waals surface area contributed by atoms with Crippen molar-refractivity contribution in [1.82, 2.24) is 9.97 Å². The van der Waals surface area contributed by atoms with Crippen LogP contribution in [0, 0.1) is 12.7 Å². The lowest BCUT2D eigenvalue weighted by atomic mass is 10.2. The SMILES string of the molecule is Cc1ccc(NC(=O)[C@H](C)Sc2nccc(C(F)(F)F)n2)cc1F. The zero-order valence-electron chi connectivity index (χ0n) is 12.7. The van der Waals surface area contributed by atoms with E-state index in [1.54, 1.807) is 6.92 Å². The number of halogens is 4. The third-order valence-corrected chi connectivity index (χ3v) is 3.99. The summed E-state index contributed by atoms with van der Waals surface area (Å²) in [6.07, 6.45) is -3.60. The average Bonchev–Trinajstić information content (AvgIpc) is 2.50. The molecular weight excluding hydrogens is 346 g/mol. The smallest absolute Gasteiger partial charge is 0.325 e. The van der Waals surface area contributed by atoms with E-state index in [0.29, 0.717) is 5.56 Å². The van der Waals surface area contributed by atoms with Crippen LogP contribution in [0.15, 0.2) is 35.6 Å². The van der Waals surface area contributed by atoms with Crippen molar-refractivity contribution in [2.24, 2.45) is 0 Å². The normalized spacial score (nSPS) is 12.8. The van der Waals surface area contributed by atoms with Crippen LogP contribution in [0.3, 0.4) is 0 Å². The second-order valence-electron chi connectivity index (χ2n) is 4.94. The Morgan fingerprint density at radius 2 is 2.00 bits per heavy atom. The van der Waals surface area contributed by atoms with Gasteiger partial charge in [-0.25, -0.2) is 14.4 Å². The number of thioether (sulfide) groups is 1. The predicted molar refractivity (Wildman–Crippen MR) is 82.1 cm³/mol. The molecule has 0 aliphatic carbocycles. The maximum atomic E-state index is 13.5. The maximum Gasteiger partial charge on any atom is 0.433 e. The van der Waals surface area contributed by atoms with Crippen LogP contribution in [-0.4, -0.2) is 21.1 Å². The number of amides is 1. The van der Waals surface area contributed by atoms with Gasteiger partial charge >= 0.3 is 6.18 Å². The zero-order valence-corrected chi connectivity index (χ0v) is 13.5. The van der Waals surface area contributed by atoms with Crippen LogP contribution in [0.25, 0.3) is 0 Å². The Morgan fingerprint density at radius 3 is 2.62 bits per heavy atom. The first-order valence-corrected chi connectivity index (χ1v) is 7.68. The number of aryl methyl sites for hydroxylation is 1. The Bertz CT molecular complexity index is 752. The van der Waals surface area contributed by atoms with Gasteiger partial charge in [-0.15, -0.1) is 0 Å². The molecule has 4 nitrogen and oxygen atoms in total. The minimum absolute atomic E-state index is 0.164. The van der Waals surface area contributed by atoms with Crippen molar-refractivity contribution in [2.45, 2.75) is 30.4 Å². The summed E-state index contributed by atoms with van der Waals surface area (Å²) in [6, 6.07) is 4.97. The number of benzene rings is 1. The first-order valence-electron chi connectivity index (χ1n) is 6.80. The number of hydrogen-bond donors (Lipinski definition) is 1.